The van der Waals surface area contributed by atoms with Gasteiger partial charge in [0.15, 0.2) is 0 Å². The zero-order valence-corrected chi connectivity index (χ0v) is 35.0. The van der Waals surface area contributed by atoms with Gasteiger partial charge in [-0.25, -0.2) is 0 Å². The van der Waals surface area contributed by atoms with Crippen LogP contribution in [0.4, 0.5) is 37.7 Å². The number of thiophene rings is 2. The van der Waals surface area contributed by atoms with Crippen LogP contribution in [0.2, 0.25) is 0 Å². The Morgan fingerprint density at radius 3 is 1.30 bits per heavy atom. The summed E-state index contributed by atoms with van der Waals surface area (Å²) in [5.41, 5.74) is 17.3. The molecule has 0 saturated carbocycles. The maximum Gasteiger partial charge on any atom is 0.416 e. The van der Waals surface area contributed by atoms with Gasteiger partial charge in [-0.05, 0) is 95.5 Å². The van der Waals surface area contributed by atoms with Gasteiger partial charge < -0.3 is 11.5 Å². The van der Waals surface area contributed by atoms with Crippen LogP contribution in [0, 0.1) is 11.8 Å². The quantitative estimate of drug-likeness (QED) is 0.0751. The highest BCUT2D eigenvalue weighted by Crippen LogP contribution is 2.50. The van der Waals surface area contributed by atoms with Crippen LogP contribution < -0.4 is 11.5 Å². The Labute approximate surface area is 342 Å². The van der Waals surface area contributed by atoms with Crippen molar-refractivity contribution in [2.45, 2.75) is 104 Å². The van der Waals surface area contributed by atoms with E-state index in [-0.39, 0.29) is 11.8 Å². The number of hydrogen-bond donors (Lipinski definition) is 2. The number of alkyl halides is 6. The second-order valence-corrected chi connectivity index (χ2v) is 17.5. The molecule has 0 aliphatic heterocycles. The Bertz CT molecular complexity index is 2140. The van der Waals surface area contributed by atoms with E-state index in [1.807, 2.05) is 38.1 Å². The number of fused-ring (bicyclic) bond motifs is 1. The van der Waals surface area contributed by atoms with Gasteiger partial charge in [0.1, 0.15) is 11.0 Å². The molecule has 0 amide bonds. The van der Waals surface area contributed by atoms with E-state index in [1.54, 1.807) is 12.1 Å². The van der Waals surface area contributed by atoms with E-state index in [9.17, 15) is 26.3 Å². The van der Waals surface area contributed by atoms with Crippen LogP contribution in [0.3, 0.4) is 0 Å². The molecule has 0 fully saturated rings. The van der Waals surface area contributed by atoms with Gasteiger partial charge in [-0.3, -0.25) is 0 Å². The van der Waals surface area contributed by atoms with E-state index in [0.29, 0.717) is 68.6 Å². The molecule has 3 heterocycles. The van der Waals surface area contributed by atoms with Crippen LogP contribution in [0.15, 0.2) is 60.7 Å². The number of nitrogen functional groups attached to an aromatic ring is 2. The molecule has 4 nitrogen and oxygen atoms in total. The summed E-state index contributed by atoms with van der Waals surface area (Å²) < 4.78 is 94.1. The molecule has 4 N–H and O–H groups in total. The van der Waals surface area contributed by atoms with Crippen molar-refractivity contribution in [1.29, 1.82) is 0 Å². The normalized spacial score (nSPS) is 13.4. The van der Waals surface area contributed by atoms with Crippen molar-refractivity contribution in [3.63, 3.8) is 0 Å². The second-order valence-electron chi connectivity index (χ2n) is 14.8. The van der Waals surface area contributed by atoms with Gasteiger partial charge in [-0.1, -0.05) is 91.2 Å². The summed E-state index contributed by atoms with van der Waals surface area (Å²) in [6.07, 6.45) is -0.877. The Hall–Kier alpha value is -3.94. The fourth-order valence-electron chi connectivity index (χ4n) is 7.69. The van der Waals surface area contributed by atoms with E-state index < -0.39 is 23.5 Å². The largest absolute Gasteiger partial charge is 0.416 e. The van der Waals surface area contributed by atoms with Crippen molar-refractivity contribution in [3.8, 4) is 41.8 Å². The Kier molecular flexibility index (Phi) is 13.4. The highest BCUT2D eigenvalue weighted by atomic mass is 32.1. The van der Waals surface area contributed by atoms with E-state index in [2.05, 4.69) is 22.6 Å². The molecule has 3 aromatic carbocycles. The third-order valence-corrected chi connectivity index (χ3v) is 13.8. The summed E-state index contributed by atoms with van der Waals surface area (Å²) in [4.78, 5) is 3.08. The van der Waals surface area contributed by atoms with Crippen molar-refractivity contribution >= 4 is 56.8 Å². The van der Waals surface area contributed by atoms with E-state index in [1.165, 1.54) is 46.9 Å². The van der Waals surface area contributed by atoms with Crippen LogP contribution >= 0.6 is 34.4 Å². The molecule has 2 atom stereocenters. The third kappa shape index (κ3) is 9.36. The van der Waals surface area contributed by atoms with Gasteiger partial charge in [0.25, 0.3) is 0 Å². The molecule has 0 radical (unpaired) electrons. The molecule has 2 unspecified atom stereocenters. The molecule has 0 bridgehead atoms. The van der Waals surface area contributed by atoms with Crippen LogP contribution in [0.1, 0.15) is 101 Å². The second kappa shape index (κ2) is 17.9. The number of halogens is 6. The molecule has 0 aliphatic carbocycles. The Morgan fingerprint density at radius 1 is 0.561 bits per heavy atom. The first-order chi connectivity index (χ1) is 27.2. The van der Waals surface area contributed by atoms with Gasteiger partial charge in [0.05, 0.1) is 34.2 Å². The van der Waals surface area contributed by atoms with E-state index in [4.69, 9.17) is 11.5 Å². The number of nitrogens with two attached hydrogens (primary N) is 2. The van der Waals surface area contributed by atoms with Crippen molar-refractivity contribution in [2.24, 2.45) is 11.8 Å². The average Bonchev–Trinajstić information content (AvgIpc) is 3.97. The number of unbranched alkanes of at least 4 members (excludes halogenated alkanes) is 2. The Morgan fingerprint density at radius 2 is 0.947 bits per heavy atom. The molecule has 0 spiro atoms. The topological polar surface area (TPSA) is 77.8 Å². The fraction of sp³-hybridized carbons (Fsp3) is 0.409. The zero-order chi connectivity index (χ0) is 41.1. The smallest absolute Gasteiger partial charge is 0.396 e. The van der Waals surface area contributed by atoms with Gasteiger partial charge in [0.2, 0.25) is 0 Å². The van der Waals surface area contributed by atoms with Crippen LogP contribution in [-0.2, 0) is 25.2 Å². The van der Waals surface area contributed by atoms with Gasteiger partial charge in [-0.2, -0.15) is 35.1 Å². The summed E-state index contributed by atoms with van der Waals surface area (Å²) >= 11 is 3.82. The number of aromatic nitrogens is 2. The van der Waals surface area contributed by atoms with Crippen molar-refractivity contribution in [2.75, 3.05) is 11.5 Å². The number of benzene rings is 3. The van der Waals surface area contributed by atoms with Gasteiger partial charge >= 0.3 is 12.4 Å². The molecule has 3 aromatic heterocycles. The summed E-state index contributed by atoms with van der Waals surface area (Å²) in [7, 11) is 0. The van der Waals surface area contributed by atoms with Crippen molar-refractivity contribution in [1.82, 2.24) is 8.75 Å². The van der Waals surface area contributed by atoms with Crippen molar-refractivity contribution in [3.05, 3.63) is 82.9 Å². The maximum absolute atomic E-state index is 14.1. The molecule has 6 rings (SSSR count). The standard InChI is InChI=1S/C44H48F6N4S3/c1-5-9-11-25(7-3)21-29-23-27(13-15-31(29)43(45,46)47)33-17-19-35(55-33)37-39(51)40(52)38(42-41(37)53-57-54-42)36-20-18-34(56-36)28-14-16-32(44(48,49)50)30(24-28)22-26(8-4)12-10-6-2/h13-20,23-26H,5-12,21-22,51-52H2,1-4H3. The predicted molar refractivity (Wildman–Crippen MR) is 228 cm³/mol. The fourth-order valence-corrected chi connectivity index (χ4v) is 10.4. The monoisotopic (exact) mass is 842 g/mol. The number of hydrogen-bond acceptors (Lipinski definition) is 7. The molecule has 0 saturated heterocycles. The van der Waals surface area contributed by atoms with Crippen LogP contribution in [0.25, 0.3) is 52.8 Å². The third-order valence-electron chi connectivity index (χ3n) is 11.0. The lowest BCUT2D eigenvalue weighted by atomic mass is 9.89. The lowest BCUT2D eigenvalue weighted by Gasteiger charge is -2.19. The summed E-state index contributed by atoms with van der Waals surface area (Å²) in [6.45, 7) is 8.23. The maximum atomic E-state index is 14.1. The molecular weight excluding hydrogens is 795 g/mol. The minimum atomic E-state index is -4.45. The van der Waals surface area contributed by atoms with Crippen molar-refractivity contribution < 1.29 is 26.3 Å². The zero-order valence-electron chi connectivity index (χ0n) is 32.5. The highest BCUT2D eigenvalue weighted by Gasteiger charge is 2.35. The van der Waals surface area contributed by atoms with E-state index in [0.717, 1.165) is 82.6 Å². The van der Waals surface area contributed by atoms with Gasteiger partial charge in [-0.15, -0.1) is 22.7 Å². The van der Waals surface area contributed by atoms with Gasteiger partial charge in [0, 0.05) is 30.6 Å². The predicted octanol–water partition coefficient (Wildman–Crippen LogP) is 15.2. The number of anilines is 2. The summed E-state index contributed by atoms with van der Waals surface area (Å²) in [6, 6.07) is 16.3. The van der Waals surface area contributed by atoms with Crippen LogP contribution in [-0.4, -0.2) is 8.75 Å². The van der Waals surface area contributed by atoms with E-state index >= 15 is 0 Å². The molecule has 304 valence electrons. The minimum absolute atomic E-state index is 0.160. The lowest BCUT2D eigenvalue weighted by Crippen LogP contribution is -2.13. The molecule has 13 heteroatoms. The Balaban J connectivity index is 1.35. The summed E-state index contributed by atoms with van der Waals surface area (Å²) in [5, 5.41) is 0. The lowest BCUT2D eigenvalue weighted by molar-refractivity contribution is -0.139. The number of nitrogens with zero attached hydrogens (tertiary/aromatic N) is 2. The molecule has 0 aliphatic rings. The molecule has 6 aromatic rings. The SMILES string of the molecule is CCCCC(CC)Cc1cc(-c2ccc(-c3c(N)c(N)c(-c4ccc(-c5ccc(C(F)(F)F)c(CC(CC)CCCC)c5)s4)c4nsnc34)s2)ccc1C(F)(F)F. The average molecular weight is 843 g/mol. The first-order valence-electron chi connectivity index (χ1n) is 19.6. The first-order valence-corrected chi connectivity index (χ1v) is 22.0. The minimum Gasteiger partial charge on any atom is -0.396 e. The summed E-state index contributed by atoms with van der Waals surface area (Å²) in [5.74, 6) is 0.320. The number of rotatable bonds is 16. The van der Waals surface area contributed by atoms with Crippen LogP contribution in [0.5, 0.6) is 0 Å². The molecule has 57 heavy (non-hydrogen) atoms. The first kappa shape index (κ1) is 42.7. The molecular formula is C44H48F6N4S3. The highest BCUT2D eigenvalue weighted by molar-refractivity contribution is 7.19.